The van der Waals surface area contributed by atoms with E-state index in [9.17, 15) is 4.79 Å². The molecule has 5 heteroatoms. The molecular weight excluding hydrogens is 352 g/mol. The van der Waals surface area contributed by atoms with Crippen molar-refractivity contribution in [2.24, 2.45) is 0 Å². The first-order valence-electron chi connectivity index (χ1n) is 9.95. The van der Waals surface area contributed by atoms with Gasteiger partial charge >= 0.3 is 0 Å². The van der Waals surface area contributed by atoms with Crippen LogP contribution in [0.4, 0.5) is 0 Å². The summed E-state index contributed by atoms with van der Waals surface area (Å²) in [5.41, 5.74) is 3.54. The van der Waals surface area contributed by atoms with Crippen LogP contribution < -0.4 is 14.8 Å². The molecule has 1 saturated heterocycles. The summed E-state index contributed by atoms with van der Waals surface area (Å²) >= 11 is 0. The fourth-order valence-electron chi connectivity index (χ4n) is 3.62. The average Bonchev–Trinajstić information content (AvgIpc) is 3.24. The van der Waals surface area contributed by atoms with E-state index >= 15 is 0 Å². The molecular formula is C23H30N2O3. The number of benzene rings is 2. The third-order valence-electron chi connectivity index (χ3n) is 5.24. The molecule has 0 unspecified atom stereocenters. The molecule has 0 saturated carbocycles. The molecule has 1 fully saturated rings. The van der Waals surface area contributed by atoms with Gasteiger partial charge in [0.05, 0.1) is 14.2 Å². The van der Waals surface area contributed by atoms with Crippen LogP contribution in [-0.2, 0) is 24.3 Å². The number of nitrogens with one attached hydrogen (secondary N) is 1. The third kappa shape index (κ3) is 5.73. The fourth-order valence-corrected chi connectivity index (χ4v) is 3.62. The molecule has 0 aromatic heterocycles. The average molecular weight is 383 g/mol. The third-order valence-corrected chi connectivity index (χ3v) is 5.24. The van der Waals surface area contributed by atoms with Gasteiger partial charge in [0, 0.05) is 25.6 Å². The van der Waals surface area contributed by atoms with Crippen molar-refractivity contribution in [3.8, 4) is 11.5 Å². The summed E-state index contributed by atoms with van der Waals surface area (Å²) in [5, 5.41) is 3.07. The highest BCUT2D eigenvalue weighted by Gasteiger charge is 2.14. The molecule has 1 N–H and O–H groups in total. The normalized spacial score (nSPS) is 14.1. The first-order chi connectivity index (χ1) is 13.7. The largest absolute Gasteiger partial charge is 0.497 e. The van der Waals surface area contributed by atoms with E-state index in [0.717, 1.165) is 23.6 Å². The number of carbonyl (C=O) groups is 1. The van der Waals surface area contributed by atoms with Gasteiger partial charge in [0.25, 0.3) is 0 Å². The Kier molecular flexibility index (Phi) is 7.31. The van der Waals surface area contributed by atoms with Crippen molar-refractivity contribution >= 4 is 5.91 Å². The Morgan fingerprint density at radius 1 is 1.00 bits per heavy atom. The van der Waals surface area contributed by atoms with Crippen molar-refractivity contribution in [3.05, 3.63) is 59.2 Å². The Morgan fingerprint density at radius 3 is 2.29 bits per heavy atom. The van der Waals surface area contributed by atoms with Crippen LogP contribution in [0.25, 0.3) is 0 Å². The molecule has 0 radical (unpaired) electrons. The second-order valence-electron chi connectivity index (χ2n) is 7.25. The molecule has 0 spiro atoms. The number of hydrogen-bond donors (Lipinski definition) is 1. The lowest BCUT2D eigenvalue weighted by Crippen LogP contribution is -2.25. The molecule has 0 atom stereocenters. The zero-order valence-electron chi connectivity index (χ0n) is 16.9. The van der Waals surface area contributed by atoms with Gasteiger partial charge in [0.2, 0.25) is 5.91 Å². The van der Waals surface area contributed by atoms with Crippen molar-refractivity contribution in [3.63, 3.8) is 0 Å². The molecule has 0 bridgehead atoms. The van der Waals surface area contributed by atoms with E-state index in [2.05, 4.69) is 28.4 Å². The van der Waals surface area contributed by atoms with Gasteiger partial charge in [-0.05, 0) is 61.2 Å². The smallest absolute Gasteiger partial charge is 0.220 e. The first kappa shape index (κ1) is 20.2. The van der Waals surface area contributed by atoms with Crippen LogP contribution >= 0.6 is 0 Å². The van der Waals surface area contributed by atoms with E-state index in [1.165, 1.54) is 37.1 Å². The highest BCUT2D eigenvalue weighted by atomic mass is 16.5. The zero-order valence-corrected chi connectivity index (χ0v) is 16.9. The topological polar surface area (TPSA) is 50.8 Å². The Morgan fingerprint density at radius 2 is 1.64 bits per heavy atom. The highest BCUT2D eigenvalue weighted by Crippen LogP contribution is 2.23. The molecule has 2 aromatic rings. The number of methoxy groups -OCH3 is 2. The number of rotatable bonds is 9. The predicted molar refractivity (Wildman–Crippen MR) is 111 cm³/mol. The standard InChI is InChI=1S/C23H30N2O3/c1-27-21-13-18(14-22(15-21)28-2)9-10-23(26)24-16-19-7-3-4-8-20(19)17-25-11-5-6-12-25/h3-4,7-8,13-15H,5-6,9-12,16-17H2,1-2H3,(H,24,26). The second-order valence-corrected chi connectivity index (χ2v) is 7.25. The monoisotopic (exact) mass is 382 g/mol. The lowest BCUT2D eigenvalue weighted by atomic mass is 10.1. The van der Waals surface area contributed by atoms with Gasteiger partial charge in [-0.15, -0.1) is 0 Å². The summed E-state index contributed by atoms with van der Waals surface area (Å²) in [6.07, 6.45) is 3.65. The molecule has 2 aromatic carbocycles. The van der Waals surface area contributed by atoms with E-state index in [4.69, 9.17) is 9.47 Å². The van der Waals surface area contributed by atoms with Gasteiger partial charge in [-0.2, -0.15) is 0 Å². The summed E-state index contributed by atoms with van der Waals surface area (Å²) in [6.45, 7) is 3.88. The summed E-state index contributed by atoms with van der Waals surface area (Å²) in [7, 11) is 3.26. The Hall–Kier alpha value is -2.53. The molecule has 1 heterocycles. The molecule has 5 nitrogen and oxygen atoms in total. The van der Waals surface area contributed by atoms with Crippen LogP contribution in [0.3, 0.4) is 0 Å². The number of aryl methyl sites for hydroxylation is 1. The van der Waals surface area contributed by atoms with Gasteiger partial charge in [-0.1, -0.05) is 24.3 Å². The van der Waals surface area contributed by atoms with Gasteiger partial charge in [-0.25, -0.2) is 0 Å². The van der Waals surface area contributed by atoms with Crippen LogP contribution in [-0.4, -0.2) is 38.1 Å². The van der Waals surface area contributed by atoms with Gasteiger partial charge in [-0.3, -0.25) is 9.69 Å². The summed E-state index contributed by atoms with van der Waals surface area (Å²) in [4.78, 5) is 14.9. The molecule has 1 amide bonds. The highest BCUT2D eigenvalue weighted by molar-refractivity contribution is 5.76. The van der Waals surface area contributed by atoms with Crippen molar-refractivity contribution in [1.29, 1.82) is 0 Å². The van der Waals surface area contributed by atoms with E-state index < -0.39 is 0 Å². The van der Waals surface area contributed by atoms with Crippen LogP contribution in [0.1, 0.15) is 36.0 Å². The SMILES string of the molecule is COc1cc(CCC(=O)NCc2ccccc2CN2CCCC2)cc(OC)c1. The minimum Gasteiger partial charge on any atom is -0.497 e. The zero-order chi connectivity index (χ0) is 19.8. The molecule has 3 rings (SSSR count). The summed E-state index contributed by atoms with van der Waals surface area (Å²) in [6, 6.07) is 14.1. The maximum Gasteiger partial charge on any atom is 0.220 e. The van der Waals surface area contributed by atoms with Crippen molar-refractivity contribution in [2.45, 2.75) is 38.8 Å². The van der Waals surface area contributed by atoms with Gasteiger partial charge in [0.15, 0.2) is 0 Å². The van der Waals surface area contributed by atoms with Crippen molar-refractivity contribution in [2.75, 3.05) is 27.3 Å². The summed E-state index contributed by atoms with van der Waals surface area (Å²) in [5.74, 6) is 1.54. The maximum atomic E-state index is 12.4. The van der Waals surface area contributed by atoms with E-state index in [0.29, 0.717) is 19.4 Å². The number of ether oxygens (including phenoxy) is 2. The number of hydrogen-bond acceptors (Lipinski definition) is 4. The molecule has 1 aliphatic heterocycles. The second kappa shape index (κ2) is 10.1. The summed E-state index contributed by atoms with van der Waals surface area (Å²) < 4.78 is 10.6. The lowest BCUT2D eigenvalue weighted by molar-refractivity contribution is -0.121. The number of amides is 1. The van der Waals surface area contributed by atoms with Crippen molar-refractivity contribution in [1.82, 2.24) is 10.2 Å². The maximum absolute atomic E-state index is 12.4. The Bertz CT molecular complexity index is 763. The van der Waals surface area contributed by atoms with Gasteiger partial charge < -0.3 is 14.8 Å². The van der Waals surface area contributed by atoms with Gasteiger partial charge in [0.1, 0.15) is 11.5 Å². The van der Waals surface area contributed by atoms with Crippen LogP contribution in [0, 0.1) is 0 Å². The molecule has 0 aliphatic carbocycles. The molecule has 1 aliphatic rings. The molecule has 150 valence electrons. The van der Waals surface area contributed by atoms with Crippen LogP contribution in [0.5, 0.6) is 11.5 Å². The van der Waals surface area contributed by atoms with E-state index in [-0.39, 0.29) is 5.91 Å². The fraction of sp³-hybridized carbons (Fsp3) is 0.435. The van der Waals surface area contributed by atoms with Crippen LogP contribution in [0.2, 0.25) is 0 Å². The van der Waals surface area contributed by atoms with Crippen molar-refractivity contribution < 1.29 is 14.3 Å². The number of carbonyl (C=O) groups excluding carboxylic acids is 1. The minimum atomic E-state index is 0.0535. The number of likely N-dealkylation sites (tertiary alicyclic amines) is 1. The quantitative estimate of drug-likeness (QED) is 0.721. The first-order valence-corrected chi connectivity index (χ1v) is 9.95. The van der Waals surface area contributed by atoms with Crippen LogP contribution in [0.15, 0.2) is 42.5 Å². The number of nitrogens with zero attached hydrogens (tertiary/aromatic N) is 1. The lowest BCUT2D eigenvalue weighted by Gasteiger charge is -2.17. The van der Waals surface area contributed by atoms with E-state index in [1.54, 1.807) is 14.2 Å². The Balaban J connectivity index is 1.52. The minimum absolute atomic E-state index is 0.0535. The molecule has 28 heavy (non-hydrogen) atoms. The predicted octanol–water partition coefficient (Wildman–Crippen LogP) is 3.55. The Labute approximate surface area is 167 Å². The van der Waals surface area contributed by atoms with E-state index in [1.807, 2.05) is 24.3 Å².